The monoisotopic (exact) mass is 498 g/mol. The van der Waals surface area contributed by atoms with Gasteiger partial charge in [0, 0.05) is 15.6 Å². The van der Waals surface area contributed by atoms with Gasteiger partial charge in [-0.2, -0.15) is 0 Å². The third kappa shape index (κ3) is 5.54. The number of amides is 1. The van der Waals surface area contributed by atoms with E-state index in [1.165, 1.54) is 17.4 Å². The minimum absolute atomic E-state index is 0.244. The number of carbonyl (C=O) groups is 1. The number of rotatable bonds is 7. The van der Waals surface area contributed by atoms with Crippen LogP contribution in [-0.2, 0) is 14.8 Å². The summed E-state index contributed by atoms with van der Waals surface area (Å²) < 4.78 is 26.4. The fourth-order valence-corrected chi connectivity index (χ4v) is 5.33. The molecule has 1 heterocycles. The molecule has 31 heavy (non-hydrogen) atoms. The first-order valence-electron chi connectivity index (χ1n) is 9.26. The lowest BCUT2D eigenvalue weighted by Gasteiger charge is -2.31. The highest BCUT2D eigenvalue weighted by Gasteiger charge is 2.33. The van der Waals surface area contributed by atoms with Crippen LogP contribution in [0.15, 0.2) is 42.5 Å². The average molecular weight is 499 g/mol. The van der Waals surface area contributed by atoms with Gasteiger partial charge in [-0.15, -0.1) is 10.2 Å². The van der Waals surface area contributed by atoms with Gasteiger partial charge >= 0.3 is 0 Å². The van der Waals surface area contributed by atoms with Crippen LogP contribution in [0.4, 0.5) is 10.8 Å². The first-order chi connectivity index (χ1) is 14.6. The van der Waals surface area contributed by atoms with Crippen molar-refractivity contribution in [3.8, 4) is 10.6 Å². The Labute approximate surface area is 195 Å². The zero-order valence-corrected chi connectivity index (χ0v) is 20.1. The maximum atomic E-state index is 13.1. The van der Waals surface area contributed by atoms with Crippen LogP contribution in [0.2, 0.25) is 10.0 Å². The van der Waals surface area contributed by atoms with Gasteiger partial charge in [-0.1, -0.05) is 59.7 Å². The highest BCUT2D eigenvalue weighted by atomic mass is 35.5. The maximum absolute atomic E-state index is 13.1. The number of hydrogen-bond donors (Lipinski definition) is 1. The molecular weight excluding hydrogens is 479 g/mol. The Morgan fingerprint density at radius 2 is 1.77 bits per heavy atom. The van der Waals surface area contributed by atoms with Crippen LogP contribution in [0.1, 0.15) is 18.9 Å². The molecule has 3 aromatic rings. The lowest BCUT2D eigenvalue weighted by atomic mass is 10.1. The number of nitrogens with one attached hydrogen (secondary N) is 1. The van der Waals surface area contributed by atoms with Gasteiger partial charge in [0.25, 0.3) is 0 Å². The molecule has 0 radical (unpaired) electrons. The summed E-state index contributed by atoms with van der Waals surface area (Å²) in [5.74, 6) is -0.508. The summed E-state index contributed by atoms with van der Waals surface area (Å²) in [5.41, 5.74) is 1.85. The first kappa shape index (κ1) is 23.5. The molecule has 0 unspecified atom stereocenters. The van der Waals surface area contributed by atoms with E-state index < -0.39 is 22.0 Å². The van der Waals surface area contributed by atoms with Crippen LogP contribution in [0.5, 0.6) is 0 Å². The predicted molar refractivity (Wildman–Crippen MR) is 127 cm³/mol. The van der Waals surface area contributed by atoms with Crippen LogP contribution in [0.25, 0.3) is 10.6 Å². The summed E-state index contributed by atoms with van der Waals surface area (Å²) in [4.78, 5) is 13.1. The van der Waals surface area contributed by atoms with Crippen LogP contribution < -0.4 is 9.62 Å². The zero-order valence-electron chi connectivity index (χ0n) is 17.0. The van der Waals surface area contributed by atoms with E-state index in [2.05, 4.69) is 15.5 Å². The first-order valence-corrected chi connectivity index (χ1v) is 12.7. The van der Waals surface area contributed by atoms with E-state index in [9.17, 15) is 13.2 Å². The summed E-state index contributed by atoms with van der Waals surface area (Å²) in [7, 11) is -3.78. The molecular formula is C20H20Cl2N4O3S2. The number of aromatic nitrogens is 2. The van der Waals surface area contributed by atoms with Gasteiger partial charge < -0.3 is 0 Å². The quantitative estimate of drug-likeness (QED) is 0.494. The third-order valence-corrected chi connectivity index (χ3v) is 7.03. The summed E-state index contributed by atoms with van der Waals surface area (Å²) in [6.07, 6.45) is 1.31. The minimum atomic E-state index is -3.78. The molecule has 0 saturated carbocycles. The van der Waals surface area contributed by atoms with Crippen molar-refractivity contribution in [1.82, 2.24) is 10.2 Å². The van der Waals surface area contributed by atoms with Crippen molar-refractivity contribution >= 4 is 61.3 Å². The van der Waals surface area contributed by atoms with E-state index >= 15 is 0 Å². The number of nitrogens with zero attached hydrogens (tertiary/aromatic N) is 3. The van der Waals surface area contributed by atoms with Crippen molar-refractivity contribution in [2.24, 2.45) is 0 Å². The number of anilines is 2. The second kappa shape index (κ2) is 9.52. The van der Waals surface area contributed by atoms with E-state index in [0.717, 1.165) is 16.1 Å². The van der Waals surface area contributed by atoms with Crippen LogP contribution in [0, 0.1) is 6.92 Å². The minimum Gasteiger partial charge on any atom is -0.299 e. The second-order valence-corrected chi connectivity index (χ2v) is 10.5. The SMILES string of the molecule is CC[C@@H](C(=O)Nc1nnc(-c2ccc(Cl)cc2)s1)N(c1cc(Cl)ccc1C)S(C)(=O)=O. The van der Waals surface area contributed by atoms with Crippen molar-refractivity contribution in [2.45, 2.75) is 26.3 Å². The fourth-order valence-electron chi connectivity index (χ4n) is 3.03. The average Bonchev–Trinajstić information content (AvgIpc) is 3.16. The molecule has 11 heteroatoms. The molecule has 0 bridgehead atoms. The Balaban J connectivity index is 1.89. The van der Waals surface area contributed by atoms with E-state index in [-0.39, 0.29) is 11.6 Å². The summed E-state index contributed by atoms with van der Waals surface area (Å²) in [6, 6.07) is 11.0. The molecule has 1 aromatic heterocycles. The molecule has 0 saturated heterocycles. The Morgan fingerprint density at radius 1 is 1.13 bits per heavy atom. The highest BCUT2D eigenvalue weighted by molar-refractivity contribution is 7.92. The molecule has 3 rings (SSSR count). The van der Waals surface area contributed by atoms with Crippen LogP contribution >= 0.6 is 34.5 Å². The van der Waals surface area contributed by atoms with Crippen LogP contribution in [0.3, 0.4) is 0 Å². The molecule has 0 fully saturated rings. The molecule has 164 valence electrons. The Morgan fingerprint density at radius 3 is 2.39 bits per heavy atom. The molecule has 1 atom stereocenters. The normalized spacial score (nSPS) is 12.4. The van der Waals surface area contributed by atoms with E-state index in [4.69, 9.17) is 23.2 Å². The summed E-state index contributed by atoms with van der Waals surface area (Å²) in [6.45, 7) is 3.50. The largest absolute Gasteiger partial charge is 0.299 e. The van der Waals surface area contributed by atoms with Gasteiger partial charge in [0.1, 0.15) is 11.0 Å². The Hall–Kier alpha value is -2.20. The van der Waals surface area contributed by atoms with E-state index in [1.54, 1.807) is 50.2 Å². The number of hydrogen-bond acceptors (Lipinski definition) is 6. The van der Waals surface area contributed by atoms with Gasteiger partial charge in [-0.25, -0.2) is 8.42 Å². The molecule has 0 spiro atoms. The predicted octanol–water partition coefficient (Wildman–Crippen LogP) is 5.00. The smallest absolute Gasteiger partial charge is 0.250 e. The molecule has 2 aromatic carbocycles. The lowest BCUT2D eigenvalue weighted by molar-refractivity contribution is -0.117. The topological polar surface area (TPSA) is 92.3 Å². The lowest BCUT2D eigenvalue weighted by Crippen LogP contribution is -2.47. The standard InChI is InChI=1S/C20H20Cl2N4O3S2/c1-4-16(26(31(3,28)29)17-11-15(22)8-5-12(17)2)18(27)23-20-25-24-19(30-20)13-6-9-14(21)10-7-13/h5-11,16H,4H2,1-3H3,(H,23,25,27)/t16-/m0/s1. The van der Waals surface area contributed by atoms with E-state index in [0.29, 0.717) is 26.3 Å². The van der Waals surface area contributed by atoms with Gasteiger partial charge in [0.2, 0.25) is 21.1 Å². The highest BCUT2D eigenvalue weighted by Crippen LogP contribution is 2.31. The summed E-state index contributed by atoms with van der Waals surface area (Å²) in [5, 5.41) is 12.6. The number of carbonyl (C=O) groups excluding carboxylic acids is 1. The van der Waals surface area contributed by atoms with Gasteiger partial charge in [0.05, 0.1) is 11.9 Å². The Bertz CT molecular complexity index is 1200. The fraction of sp³-hybridized carbons (Fsp3) is 0.250. The van der Waals surface area contributed by atoms with Crippen molar-refractivity contribution in [3.05, 3.63) is 58.1 Å². The molecule has 7 nitrogen and oxygen atoms in total. The van der Waals surface area contributed by atoms with Gasteiger partial charge in [-0.3, -0.25) is 14.4 Å². The van der Waals surface area contributed by atoms with Crippen molar-refractivity contribution < 1.29 is 13.2 Å². The number of benzene rings is 2. The van der Waals surface area contributed by atoms with Crippen LogP contribution in [-0.4, -0.2) is 36.8 Å². The molecule has 0 aliphatic rings. The molecule has 0 aliphatic carbocycles. The van der Waals surface area contributed by atoms with Crippen molar-refractivity contribution in [1.29, 1.82) is 0 Å². The Kier molecular flexibility index (Phi) is 7.20. The van der Waals surface area contributed by atoms with Gasteiger partial charge in [0.15, 0.2) is 0 Å². The maximum Gasteiger partial charge on any atom is 0.250 e. The molecule has 0 aliphatic heterocycles. The number of halogens is 2. The van der Waals surface area contributed by atoms with Crippen molar-refractivity contribution in [3.63, 3.8) is 0 Å². The zero-order chi connectivity index (χ0) is 22.8. The van der Waals surface area contributed by atoms with Gasteiger partial charge in [-0.05, 0) is 43.2 Å². The molecule has 1 N–H and O–H groups in total. The third-order valence-electron chi connectivity index (χ3n) is 4.48. The number of aryl methyl sites for hydroxylation is 1. The summed E-state index contributed by atoms with van der Waals surface area (Å²) >= 11 is 13.2. The van der Waals surface area contributed by atoms with Crippen molar-refractivity contribution in [2.75, 3.05) is 15.9 Å². The second-order valence-electron chi connectivity index (χ2n) is 6.82. The molecule has 1 amide bonds. The van der Waals surface area contributed by atoms with E-state index in [1.807, 2.05) is 0 Å². The number of sulfonamides is 1.